The van der Waals surface area contributed by atoms with E-state index in [1.807, 2.05) is 38.1 Å². The first kappa shape index (κ1) is 21.7. The fourth-order valence-corrected chi connectivity index (χ4v) is 3.88. The Bertz CT molecular complexity index is 913. The van der Waals surface area contributed by atoms with Crippen LogP contribution in [0.4, 0.5) is 11.4 Å². The van der Waals surface area contributed by atoms with Crippen LogP contribution in [0.25, 0.3) is 0 Å². The predicted molar refractivity (Wildman–Crippen MR) is 120 cm³/mol. The summed E-state index contributed by atoms with van der Waals surface area (Å²) in [5.74, 6) is 1.12. The topological polar surface area (TPSA) is 80.2 Å². The van der Waals surface area contributed by atoms with Crippen LogP contribution < -0.4 is 14.8 Å². The van der Waals surface area contributed by atoms with Gasteiger partial charge >= 0.3 is 0 Å². The van der Waals surface area contributed by atoms with Gasteiger partial charge in [-0.2, -0.15) is 0 Å². The van der Waals surface area contributed by atoms with Gasteiger partial charge in [-0.25, -0.2) is 4.99 Å². The Morgan fingerprint density at radius 1 is 1.07 bits per heavy atom. The number of nitrogens with zero attached hydrogens (tertiary/aromatic N) is 2. The van der Waals surface area contributed by atoms with Crippen molar-refractivity contribution in [2.24, 2.45) is 4.99 Å². The third-order valence-corrected chi connectivity index (χ3v) is 5.61. The fraction of sp³-hybridized carbons (Fsp3) is 0.318. The summed E-state index contributed by atoms with van der Waals surface area (Å²) in [6.45, 7) is 5.00. The van der Waals surface area contributed by atoms with Crippen molar-refractivity contribution in [3.05, 3.63) is 48.5 Å². The summed E-state index contributed by atoms with van der Waals surface area (Å²) >= 11 is 1.28. The largest absolute Gasteiger partial charge is 0.494 e. The third-order valence-electron chi connectivity index (χ3n) is 4.37. The molecule has 1 aliphatic heterocycles. The van der Waals surface area contributed by atoms with E-state index in [0.717, 1.165) is 11.5 Å². The molecule has 0 aliphatic carbocycles. The van der Waals surface area contributed by atoms with Crippen molar-refractivity contribution in [1.82, 2.24) is 4.90 Å². The number of hydrogen-bond acceptors (Lipinski definition) is 6. The van der Waals surface area contributed by atoms with Gasteiger partial charge in [0.25, 0.3) is 0 Å². The third kappa shape index (κ3) is 5.54. The van der Waals surface area contributed by atoms with Crippen LogP contribution >= 0.6 is 11.8 Å². The maximum atomic E-state index is 12.7. The van der Waals surface area contributed by atoms with Crippen molar-refractivity contribution in [3.8, 4) is 11.5 Å². The molecule has 0 spiro atoms. The number of aliphatic imine (C=N–C) groups is 1. The van der Waals surface area contributed by atoms with Crippen LogP contribution in [0.1, 0.15) is 20.3 Å². The Morgan fingerprint density at radius 3 is 2.20 bits per heavy atom. The molecule has 2 aromatic rings. The second-order valence-electron chi connectivity index (χ2n) is 6.53. The first-order valence-corrected chi connectivity index (χ1v) is 10.7. The van der Waals surface area contributed by atoms with Crippen LogP contribution in [0.2, 0.25) is 0 Å². The molecule has 0 saturated carbocycles. The van der Waals surface area contributed by atoms with Crippen molar-refractivity contribution in [2.75, 3.05) is 25.6 Å². The molecule has 0 radical (unpaired) electrons. The molecule has 2 amide bonds. The lowest BCUT2D eigenvalue weighted by Crippen LogP contribution is -2.43. The lowest BCUT2D eigenvalue weighted by Gasteiger charge is -2.28. The van der Waals surface area contributed by atoms with Crippen molar-refractivity contribution in [1.29, 1.82) is 0 Å². The molecule has 0 aromatic heterocycles. The number of amides is 2. The number of nitrogens with one attached hydrogen (secondary N) is 1. The van der Waals surface area contributed by atoms with Gasteiger partial charge in [0.1, 0.15) is 16.7 Å². The number of amidine groups is 1. The van der Waals surface area contributed by atoms with Crippen molar-refractivity contribution in [3.63, 3.8) is 0 Å². The van der Waals surface area contributed by atoms with Gasteiger partial charge in [-0.15, -0.1) is 0 Å². The van der Waals surface area contributed by atoms with Gasteiger partial charge in [0.05, 0.1) is 18.9 Å². The van der Waals surface area contributed by atoms with E-state index in [1.54, 1.807) is 31.3 Å². The number of anilines is 1. The highest BCUT2D eigenvalue weighted by Crippen LogP contribution is 2.29. The highest BCUT2D eigenvalue weighted by Gasteiger charge is 2.34. The molecular formula is C22H25N3O4S. The van der Waals surface area contributed by atoms with E-state index >= 15 is 0 Å². The van der Waals surface area contributed by atoms with E-state index in [2.05, 4.69) is 10.3 Å². The Balaban J connectivity index is 1.70. The highest BCUT2D eigenvalue weighted by atomic mass is 32.2. The average molecular weight is 428 g/mol. The SMILES string of the molecule is CCOc1ccc(N=C2S[C@@H](C(=O)Nc3ccc(OCC)cc3)CC(=O)N2C)cc1. The quantitative estimate of drug-likeness (QED) is 0.720. The Kier molecular flexibility index (Phi) is 7.35. The molecule has 1 N–H and O–H groups in total. The molecule has 0 unspecified atom stereocenters. The summed E-state index contributed by atoms with van der Waals surface area (Å²) in [6.07, 6.45) is 0.117. The van der Waals surface area contributed by atoms with E-state index in [9.17, 15) is 9.59 Å². The molecule has 3 rings (SSSR count). The summed E-state index contributed by atoms with van der Waals surface area (Å²) in [5, 5.41) is 2.80. The normalized spacial score (nSPS) is 17.7. The zero-order chi connectivity index (χ0) is 21.5. The second kappa shape index (κ2) is 10.2. The van der Waals surface area contributed by atoms with Crippen LogP contribution in [0.5, 0.6) is 11.5 Å². The van der Waals surface area contributed by atoms with Gasteiger partial charge in [0, 0.05) is 19.2 Å². The number of ether oxygens (including phenoxy) is 2. The summed E-state index contributed by atoms with van der Waals surface area (Å²) < 4.78 is 10.8. The van der Waals surface area contributed by atoms with Gasteiger partial charge in [-0.1, -0.05) is 11.8 Å². The minimum Gasteiger partial charge on any atom is -0.494 e. The molecule has 1 fully saturated rings. The molecule has 158 valence electrons. The average Bonchev–Trinajstić information content (AvgIpc) is 2.74. The Morgan fingerprint density at radius 2 is 1.63 bits per heavy atom. The predicted octanol–water partition coefficient (Wildman–Crippen LogP) is 4.07. The Hall–Kier alpha value is -3.00. The molecule has 8 heteroatoms. The van der Waals surface area contributed by atoms with Crippen LogP contribution in [-0.2, 0) is 9.59 Å². The van der Waals surface area contributed by atoms with E-state index in [1.165, 1.54) is 16.7 Å². The number of hydrogen-bond donors (Lipinski definition) is 1. The second-order valence-corrected chi connectivity index (χ2v) is 7.70. The summed E-state index contributed by atoms with van der Waals surface area (Å²) in [6, 6.07) is 14.4. The number of benzene rings is 2. The number of carbonyl (C=O) groups excluding carboxylic acids is 2. The van der Waals surface area contributed by atoms with Crippen molar-refractivity contribution >= 4 is 40.1 Å². The number of rotatable bonds is 7. The van der Waals surface area contributed by atoms with Crippen LogP contribution in [0.15, 0.2) is 53.5 Å². The number of carbonyl (C=O) groups is 2. The summed E-state index contributed by atoms with van der Waals surface area (Å²) in [5.41, 5.74) is 1.34. The van der Waals surface area contributed by atoms with Gasteiger partial charge in [-0.3, -0.25) is 14.5 Å². The van der Waals surface area contributed by atoms with Gasteiger partial charge < -0.3 is 14.8 Å². The van der Waals surface area contributed by atoms with E-state index in [-0.39, 0.29) is 18.2 Å². The molecule has 7 nitrogen and oxygen atoms in total. The fourth-order valence-electron chi connectivity index (χ4n) is 2.82. The van der Waals surface area contributed by atoms with E-state index in [0.29, 0.717) is 29.8 Å². The van der Waals surface area contributed by atoms with E-state index < -0.39 is 5.25 Å². The van der Waals surface area contributed by atoms with Gasteiger partial charge in [-0.05, 0) is 62.4 Å². The molecule has 1 aliphatic rings. The molecule has 2 aromatic carbocycles. The molecule has 30 heavy (non-hydrogen) atoms. The Labute approximate surface area is 180 Å². The van der Waals surface area contributed by atoms with Crippen LogP contribution in [0, 0.1) is 0 Å². The molecule has 1 heterocycles. The lowest BCUT2D eigenvalue weighted by atomic mass is 10.2. The monoisotopic (exact) mass is 427 g/mol. The standard InChI is InChI=1S/C22H25N3O4S/c1-4-28-17-10-6-15(7-11-17)23-21(27)19-14-20(26)25(3)22(30-19)24-16-8-12-18(13-9-16)29-5-2/h6-13,19H,4-5,14H2,1-3H3,(H,23,27)/t19-/m1/s1. The lowest BCUT2D eigenvalue weighted by molar-refractivity contribution is -0.128. The molecular weight excluding hydrogens is 402 g/mol. The maximum Gasteiger partial charge on any atom is 0.238 e. The highest BCUT2D eigenvalue weighted by molar-refractivity contribution is 8.15. The minimum absolute atomic E-state index is 0.117. The zero-order valence-corrected chi connectivity index (χ0v) is 18.1. The minimum atomic E-state index is -0.554. The number of thioether (sulfide) groups is 1. The molecule has 1 saturated heterocycles. The van der Waals surface area contributed by atoms with Crippen LogP contribution in [0.3, 0.4) is 0 Å². The summed E-state index contributed by atoms with van der Waals surface area (Å²) in [7, 11) is 1.67. The van der Waals surface area contributed by atoms with Gasteiger partial charge in [0.15, 0.2) is 5.17 Å². The molecule has 0 bridgehead atoms. The first-order chi connectivity index (χ1) is 14.5. The summed E-state index contributed by atoms with van der Waals surface area (Å²) in [4.78, 5) is 31.2. The van der Waals surface area contributed by atoms with Crippen molar-refractivity contribution < 1.29 is 19.1 Å². The maximum absolute atomic E-state index is 12.7. The molecule has 1 atom stereocenters. The van der Waals surface area contributed by atoms with Crippen molar-refractivity contribution in [2.45, 2.75) is 25.5 Å². The first-order valence-electron chi connectivity index (χ1n) is 9.78. The van der Waals surface area contributed by atoms with Crippen LogP contribution in [-0.4, -0.2) is 47.4 Å². The van der Waals surface area contributed by atoms with E-state index in [4.69, 9.17) is 9.47 Å². The van der Waals surface area contributed by atoms with Gasteiger partial charge in [0.2, 0.25) is 11.8 Å². The zero-order valence-electron chi connectivity index (χ0n) is 17.3. The smallest absolute Gasteiger partial charge is 0.238 e.